The van der Waals surface area contributed by atoms with Crippen molar-refractivity contribution in [2.24, 2.45) is 0 Å². The highest BCUT2D eigenvalue weighted by atomic mass is 16.5. The average Bonchev–Trinajstić information content (AvgIpc) is 2.37. The second-order valence-corrected chi connectivity index (χ2v) is 2.27. The maximum atomic E-state index is 10.9. The normalized spacial score (nSPS) is 9.50. The first-order valence-corrected chi connectivity index (χ1v) is 3.67. The van der Waals surface area contributed by atoms with Gasteiger partial charge in [0.2, 0.25) is 0 Å². The number of amides is 1. The Morgan fingerprint density at radius 1 is 1.83 bits per heavy atom. The zero-order chi connectivity index (χ0) is 8.97. The molecule has 1 aromatic heterocycles. The van der Waals surface area contributed by atoms with Crippen LogP contribution in [0.5, 0.6) is 0 Å². The van der Waals surface area contributed by atoms with E-state index in [1.165, 1.54) is 0 Å². The van der Waals surface area contributed by atoms with Crippen molar-refractivity contribution < 1.29 is 9.53 Å². The van der Waals surface area contributed by atoms with Crippen LogP contribution in [-0.4, -0.2) is 22.9 Å². The van der Waals surface area contributed by atoms with Crippen LogP contribution < -0.4 is 5.32 Å². The summed E-state index contributed by atoms with van der Waals surface area (Å²) in [5, 5.41) is 8.88. The summed E-state index contributed by atoms with van der Waals surface area (Å²) in [5.74, 6) is 0.577. The van der Waals surface area contributed by atoms with E-state index in [4.69, 9.17) is 0 Å². The molecular weight excluding hydrogens is 158 g/mol. The lowest BCUT2D eigenvalue weighted by Gasteiger charge is -2.02. The molecule has 5 nitrogen and oxygen atoms in total. The van der Waals surface area contributed by atoms with Crippen molar-refractivity contribution in [3.8, 4) is 0 Å². The number of ether oxygens (including phenoxy) is 1. The van der Waals surface area contributed by atoms with Crippen LogP contribution in [0.4, 0.5) is 10.6 Å². The molecule has 0 unspecified atom stereocenters. The molecule has 5 heteroatoms. The minimum atomic E-state index is -0.468. The Morgan fingerprint density at radius 3 is 3.08 bits per heavy atom. The molecule has 1 rings (SSSR count). The van der Waals surface area contributed by atoms with Gasteiger partial charge in [0, 0.05) is 5.56 Å². The molecule has 66 valence electrons. The van der Waals surface area contributed by atoms with Gasteiger partial charge in [-0.05, 0) is 13.8 Å². The number of carbonyl (C=O) groups is 1. The van der Waals surface area contributed by atoms with Crippen molar-refractivity contribution in [1.29, 1.82) is 0 Å². The van der Waals surface area contributed by atoms with Gasteiger partial charge in [0.25, 0.3) is 0 Å². The number of aryl methyl sites for hydroxylation is 1. The van der Waals surface area contributed by atoms with Gasteiger partial charge in [-0.25, -0.2) is 4.79 Å². The van der Waals surface area contributed by atoms with Crippen LogP contribution in [0.3, 0.4) is 0 Å². The van der Waals surface area contributed by atoms with Gasteiger partial charge in [-0.1, -0.05) is 0 Å². The van der Waals surface area contributed by atoms with E-state index in [1.807, 2.05) is 6.92 Å². The number of carbonyl (C=O) groups excluding carboxylic acids is 1. The van der Waals surface area contributed by atoms with Gasteiger partial charge < -0.3 is 4.74 Å². The van der Waals surface area contributed by atoms with Crippen LogP contribution in [-0.2, 0) is 4.74 Å². The van der Waals surface area contributed by atoms with E-state index in [1.54, 1.807) is 13.1 Å². The highest BCUT2D eigenvalue weighted by Crippen LogP contribution is 2.07. The number of aromatic amines is 1. The Morgan fingerprint density at radius 2 is 2.58 bits per heavy atom. The molecule has 0 radical (unpaired) electrons. The lowest BCUT2D eigenvalue weighted by atomic mass is 10.4. The summed E-state index contributed by atoms with van der Waals surface area (Å²) in [4.78, 5) is 10.9. The molecule has 0 fully saturated rings. The highest BCUT2D eigenvalue weighted by molar-refractivity contribution is 5.83. The second-order valence-electron chi connectivity index (χ2n) is 2.27. The predicted molar refractivity (Wildman–Crippen MR) is 44.0 cm³/mol. The fourth-order valence-corrected chi connectivity index (χ4v) is 0.742. The van der Waals surface area contributed by atoms with Crippen LogP contribution in [0.25, 0.3) is 0 Å². The summed E-state index contributed by atoms with van der Waals surface area (Å²) in [6, 6.07) is 0. The number of H-pyrrole nitrogens is 1. The van der Waals surface area contributed by atoms with E-state index in [2.05, 4.69) is 20.3 Å². The maximum Gasteiger partial charge on any atom is 0.412 e. The van der Waals surface area contributed by atoms with Crippen molar-refractivity contribution in [2.45, 2.75) is 13.8 Å². The number of aromatic nitrogens is 2. The first-order valence-electron chi connectivity index (χ1n) is 3.67. The SMILES string of the molecule is CCOC(=O)Nc1[nH]ncc1C. The highest BCUT2D eigenvalue weighted by Gasteiger charge is 2.04. The molecule has 1 amide bonds. The zero-order valence-electron chi connectivity index (χ0n) is 7.05. The minimum Gasteiger partial charge on any atom is -0.450 e. The predicted octanol–water partition coefficient (Wildman–Crippen LogP) is 1.29. The van der Waals surface area contributed by atoms with Crippen molar-refractivity contribution in [2.75, 3.05) is 11.9 Å². The van der Waals surface area contributed by atoms with Crippen LogP contribution in [0.2, 0.25) is 0 Å². The number of rotatable bonds is 2. The third-order valence-electron chi connectivity index (χ3n) is 1.33. The van der Waals surface area contributed by atoms with Gasteiger partial charge in [-0.2, -0.15) is 5.10 Å². The first-order chi connectivity index (χ1) is 5.74. The molecule has 1 aromatic rings. The molecule has 0 aliphatic carbocycles. The Bertz CT molecular complexity index is 269. The molecule has 0 saturated heterocycles. The maximum absolute atomic E-state index is 10.9. The number of hydrogen-bond acceptors (Lipinski definition) is 3. The van der Waals surface area contributed by atoms with Crippen molar-refractivity contribution in [1.82, 2.24) is 10.2 Å². The Balaban J connectivity index is 2.52. The molecule has 12 heavy (non-hydrogen) atoms. The topological polar surface area (TPSA) is 67.0 Å². The fraction of sp³-hybridized carbons (Fsp3) is 0.429. The van der Waals surface area contributed by atoms with Crippen molar-refractivity contribution in [3.05, 3.63) is 11.8 Å². The molecule has 0 atom stereocenters. The number of nitrogens with one attached hydrogen (secondary N) is 2. The number of anilines is 1. The Kier molecular flexibility index (Phi) is 2.68. The summed E-state index contributed by atoms with van der Waals surface area (Å²) in [6.45, 7) is 3.95. The first kappa shape index (κ1) is 8.58. The summed E-state index contributed by atoms with van der Waals surface area (Å²) >= 11 is 0. The van der Waals surface area contributed by atoms with E-state index in [0.29, 0.717) is 12.4 Å². The van der Waals surface area contributed by atoms with Crippen LogP contribution >= 0.6 is 0 Å². The van der Waals surface area contributed by atoms with Gasteiger partial charge in [-0.3, -0.25) is 10.4 Å². The van der Waals surface area contributed by atoms with Crippen LogP contribution in [0.1, 0.15) is 12.5 Å². The fourth-order valence-electron chi connectivity index (χ4n) is 0.742. The second kappa shape index (κ2) is 3.75. The van der Waals surface area contributed by atoms with Gasteiger partial charge in [-0.15, -0.1) is 0 Å². The van der Waals surface area contributed by atoms with E-state index >= 15 is 0 Å². The zero-order valence-corrected chi connectivity index (χ0v) is 7.05. The molecule has 1 heterocycles. The van der Waals surface area contributed by atoms with E-state index in [-0.39, 0.29) is 0 Å². The molecule has 0 aromatic carbocycles. The smallest absolute Gasteiger partial charge is 0.412 e. The van der Waals surface area contributed by atoms with Crippen molar-refractivity contribution in [3.63, 3.8) is 0 Å². The van der Waals surface area contributed by atoms with Crippen LogP contribution in [0.15, 0.2) is 6.20 Å². The van der Waals surface area contributed by atoms with Gasteiger partial charge in [0.05, 0.1) is 12.8 Å². The molecular formula is C7H11N3O2. The largest absolute Gasteiger partial charge is 0.450 e. The lowest BCUT2D eigenvalue weighted by Crippen LogP contribution is -2.14. The third-order valence-corrected chi connectivity index (χ3v) is 1.33. The standard InChI is InChI=1S/C7H11N3O2/c1-3-12-7(11)9-6-5(2)4-8-10-6/h4H,3H2,1-2H3,(H2,8,9,10,11). The van der Waals surface area contributed by atoms with Gasteiger partial charge >= 0.3 is 6.09 Å². The van der Waals surface area contributed by atoms with Crippen LogP contribution in [0, 0.1) is 6.92 Å². The van der Waals surface area contributed by atoms with Gasteiger partial charge in [0.1, 0.15) is 5.82 Å². The monoisotopic (exact) mass is 169 g/mol. The van der Waals surface area contributed by atoms with Gasteiger partial charge in [0.15, 0.2) is 0 Å². The summed E-state index contributed by atoms with van der Waals surface area (Å²) in [7, 11) is 0. The summed E-state index contributed by atoms with van der Waals surface area (Å²) in [6.07, 6.45) is 1.16. The molecule has 0 spiro atoms. The quantitative estimate of drug-likeness (QED) is 0.700. The lowest BCUT2D eigenvalue weighted by molar-refractivity contribution is 0.168. The molecule has 0 aliphatic heterocycles. The Labute approximate surface area is 70.1 Å². The number of hydrogen-bond donors (Lipinski definition) is 2. The summed E-state index contributed by atoms with van der Waals surface area (Å²) < 4.78 is 4.67. The molecule has 0 saturated carbocycles. The van der Waals surface area contributed by atoms with E-state index < -0.39 is 6.09 Å². The summed E-state index contributed by atoms with van der Waals surface area (Å²) in [5.41, 5.74) is 0.878. The molecule has 0 aliphatic rings. The van der Waals surface area contributed by atoms with E-state index in [9.17, 15) is 4.79 Å². The Hall–Kier alpha value is -1.52. The van der Waals surface area contributed by atoms with Crippen molar-refractivity contribution >= 4 is 11.9 Å². The average molecular weight is 169 g/mol. The van der Waals surface area contributed by atoms with E-state index in [0.717, 1.165) is 5.56 Å². The third kappa shape index (κ3) is 1.98. The minimum absolute atomic E-state index is 0.360. The molecule has 0 bridgehead atoms. The molecule has 2 N–H and O–H groups in total. The number of nitrogens with zero attached hydrogens (tertiary/aromatic N) is 1.